The Morgan fingerprint density at radius 3 is 2.76 bits per heavy atom. The summed E-state index contributed by atoms with van der Waals surface area (Å²) in [6.45, 7) is 5.77. The minimum atomic E-state index is -0.101. The lowest BCUT2D eigenvalue weighted by atomic mass is 9.99. The fraction of sp³-hybridized carbons (Fsp3) is 0.375. The van der Waals surface area contributed by atoms with E-state index in [1.807, 2.05) is 24.3 Å². The van der Waals surface area contributed by atoms with Gasteiger partial charge < -0.3 is 19.2 Å². The second-order valence-corrected chi connectivity index (χ2v) is 7.98. The number of aryl methyl sites for hydroxylation is 1. The molecule has 2 N–H and O–H groups in total. The normalized spacial score (nSPS) is 19.4. The van der Waals surface area contributed by atoms with Crippen LogP contribution >= 0.6 is 0 Å². The maximum absolute atomic E-state index is 13.4. The van der Waals surface area contributed by atoms with Crippen molar-refractivity contribution in [3.63, 3.8) is 0 Å². The summed E-state index contributed by atoms with van der Waals surface area (Å²) in [7, 11) is 1.59. The van der Waals surface area contributed by atoms with Gasteiger partial charge in [-0.2, -0.15) is 0 Å². The van der Waals surface area contributed by atoms with E-state index in [1.54, 1.807) is 26.2 Å². The van der Waals surface area contributed by atoms with Crippen LogP contribution in [0.3, 0.4) is 0 Å². The predicted molar refractivity (Wildman–Crippen MR) is 114 cm³/mol. The van der Waals surface area contributed by atoms with E-state index in [9.17, 15) is 9.90 Å². The summed E-state index contributed by atoms with van der Waals surface area (Å²) in [5, 5.41) is 11.1. The molecular formula is C24H28NO4+. The maximum Gasteiger partial charge on any atom is 0.200 e. The summed E-state index contributed by atoms with van der Waals surface area (Å²) in [6.07, 6.45) is 3.62. The molecule has 0 amide bonds. The van der Waals surface area contributed by atoms with Crippen LogP contribution in [-0.4, -0.2) is 24.8 Å². The molecule has 5 nitrogen and oxygen atoms in total. The minimum absolute atomic E-state index is 0.101. The Kier molecular flexibility index (Phi) is 5.33. The first-order valence-electron chi connectivity index (χ1n) is 10.3. The van der Waals surface area contributed by atoms with Crippen LogP contribution in [0.1, 0.15) is 37.5 Å². The van der Waals surface area contributed by atoms with Crippen molar-refractivity contribution in [2.24, 2.45) is 0 Å². The Bertz CT molecular complexity index is 1100. The number of quaternary nitrogens is 1. The van der Waals surface area contributed by atoms with Crippen LogP contribution in [0.5, 0.6) is 11.5 Å². The van der Waals surface area contributed by atoms with Gasteiger partial charge in [0.25, 0.3) is 0 Å². The highest BCUT2D eigenvalue weighted by atomic mass is 16.5. The number of methoxy groups -OCH3 is 1. The first-order chi connectivity index (χ1) is 14.0. The Morgan fingerprint density at radius 2 is 2.00 bits per heavy atom. The summed E-state index contributed by atoms with van der Waals surface area (Å²) in [5.41, 5.74) is 2.34. The molecule has 0 aliphatic carbocycles. The molecule has 1 aliphatic rings. The van der Waals surface area contributed by atoms with Gasteiger partial charge in [0.05, 0.1) is 36.2 Å². The number of piperidine rings is 1. The van der Waals surface area contributed by atoms with Crippen molar-refractivity contribution in [3.05, 3.63) is 57.9 Å². The van der Waals surface area contributed by atoms with Crippen molar-refractivity contribution in [1.29, 1.82) is 0 Å². The smallest absolute Gasteiger partial charge is 0.200 e. The first-order valence-corrected chi connectivity index (χ1v) is 10.3. The topological polar surface area (TPSA) is 64.1 Å². The predicted octanol–water partition coefficient (Wildman–Crippen LogP) is 3.44. The average Bonchev–Trinajstić information content (AvgIpc) is 2.72. The van der Waals surface area contributed by atoms with Gasteiger partial charge in [0.1, 0.15) is 23.8 Å². The van der Waals surface area contributed by atoms with E-state index >= 15 is 0 Å². The van der Waals surface area contributed by atoms with E-state index in [1.165, 1.54) is 24.2 Å². The van der Waals surface area contributed by atoms with Crippen LogP contribution in [0.4, 0.5) is 0 Å². The summed E-state index contributed by atoms with van der Waals surface area (Å²) in [6, 6.07) is 11.3. The summed E-state index contributed by atoms with van der Waals surface area (Å²) >= 11 is 0. The Balaban J connectivity index is 1.88. The van der Waals surface area contributed by atoms with Gasteiger partial charge >= 0.3 is 0 Å². The number of hydrogen-bond donors (Lipinski definition) is 2. The molecule has 1 fully saturated rings. The number of hydrogen-bond acceptors (Lipinski definition) is 4. The monoisotopic (exact) mass is 394 g/mol. The van der Waals surface area contributed by atoms with Gasteiger partial charge in [0.2, 0.25) is 5.43 Å². The summed E-state index contributed by atoms with van der Waals surface area (Å²) in [4.78, 5) is 14.9. The average molecular weight is 394 g/mol. The molecule has 2 heterocycles. The molecule has 0 radical (unpaired) electrons. The summed E-state index contributed by atoms with van der Waals surface area (Å²) in [5.74, 6) is 1.35. The van der Waals surface area contributed by atoms with Crippen molar-refractivity contribution in [2.45, 2.75) is 45.7 Å². The number of aromatic hydroxyl groups is 1. The number of nitrogens with one attached hydrogen (secondary N) is 1. The van der Waals surface area contributed by atoms with Crippen LogP contribution in [0.25, 0.3) is 22.1 Å². The molecule has 3 aromatic rings. The SMILES string of the molecule is COc1ccccc1-c1c(C)oc2c(C[NH+]3CCCC[C@@H]3C)c(O)ccc2c1=O. The highest BCUT2D eigenvalue weighted by molar-refractivity contribution is 5.87. The molecule has 152 valence electrons. The number of fused-ring (bicyclic) bond motifs is 1. The van der Waals surface area contributed by atoms with Crippen molar-refractivity contribution >= 4 is 11.0 Å². The van der Waals surface area contributed by atoms with E-state index < -0.39 is 0 Å². The molecule has 2 atom stereocenters. The van der Waals surface area contributed by atoms with Gasteiger partial charge in [-0.05, 0) is 51.3 Å². The molecule has 0 bridgehead atoms. The number of likely N-dealkylation sites (tertiary alicyclic amines) is 1. The third-order valence-corrected chi connectivity index (χ3v) is 6.18. The van der Waals surface area contributed by atoms with E-state index in [0.29, 0.717) is 46.2 Å². The zero-order chi connectivity index (χ0) is 20.5. The van der Waals surface area contributed by atoms with Gasteiger partial charge in [-0.15, -0.1) is 0 Å². The fourth-order valence-corrected chi connectivity index (χ4v) is 4.49. The van der Waals surface area contributed by atoms with E-state index in [0.717, 1.165) is 12.1 Å². The first kappa shape index (κ1) is 19.5. The Labute approximate surface area is 170 Å². The number of phenols is 1. The fourth-order valence-electron chi connectivity index (χ4n) is 4.49. The highest BCUT2D eigenvalue weighted by Crippen LogP contribution is 2.33. The van der Waals surface area contributed by atoms with Crippen molar-refractivity contribution in [2.75, 3.05) is 13.7 Å². The minimum Gasteiger partial charge on any atom is -0.507 e. The standard InChI is InChI=1S/C24H27NO4/c1-15-8-6-7-13-25(15)14-19-20(26)12-11-18-23(27)22(16(2)29-24(18)19)17-9-4-5-10-21(17)28-3/h4-5,9-12,15,26H,6-8,13-14H2,1-3H3/p+1/t15-/m0/s1. The molecule has 1 aromatic heterocycles. The van der Waals surface area contributed by atoms with Gasteiger partial charge in [-0.3, -0.25) is 4.79 Å². The molecule has 1 unspecified atom stereocenters. The number of para-hydroxylation sites is 1. The van der Waals surface area contributed by atoms with Gasteiger partial charge in [-0.25, -0.2) is 0 Å². The van der Waals surface area contributed by atoms with Crippen LogP contribution < -0.4 is 15.1 Å². The third kappa shape index (κ3) is 3.51. The second-order valence-electron chi connectivity index (χ2n) is 7.98. The highest BCUT2D eigenvalue weighted by Gasteiger charge is 2.26. The molecule has 5 heteroatoms. The molecule has 1 saturated heterocycles. The van der Waals surface area contributed by atoms with Gasteiger partial charge in [0.15, 0.2) is 5.58 Å². The van der Waals surface area contributed by atoms with Crippen LogP contribution in [0.2, 0.25) is 0 Å². The van der Waals surface area contributed by atoms with Crippen molar-refractivity contribution < 1.29 is 19.2 Å². The lowest BCUT2D eigenvalue weighted by Crippen LogP contribution is -3.14. The van der Waals surface area contributed by atoms with Gasteiger partial charge in [0, 0.05) is 5.56 Å². The van der Waals surface area contributed by atoms with Crippen LogP contribution in [0.15, 0.2) is 45.6 Å². The van der Waals surface area contributed by atoms with E-state index in [4.69, 9.17) is 9.15 Å². The maximum atomic E-state index is 13.4. The van der Waals surface area contributed by atoms with E-state index in [2.05, 4.69) is 6.92 Å². The zero-order valence-electron chi connectivity index (χ0n) is 17.2. The second kappa shape index (κ2) is 7.91. The molecule has 0 spiro atoms. The number of phenolic OH excluding ortho intramolecular Hbond substituents is 1. The zero-order valence-corrected chi connectivity index (χ0v) is 17.2. The van der Waals surface area contributed by atoms with E-state index in [-0.39, 0.29) is 11.2 Å². The molecule has 4 rings (SSSR count). The number of benzene rings is 2. The van der Waals surface area contributed by atoms with Crippen LogP contribution in [0, 0.1) is 6.92 Å². The third-order valence-electron chi connectivity index (χ3n) is 6.18. The lowest BCUT2D eigenvalue weighted by Gasteiger charge is -2.30. The van der Waals surface area contributed by atoms with Crippen molar-refractivity contribution in [3.8, 4) is 22.6 Å². The Hall–Kier alpha value is -2.79. The van der Waals surface area contributed by atoms with Crippen molar-refractivity contribution in [1.82, 2.24) is 0 Å². The summed E-state index contributed by atoms with van der Waals surface area (Å²) < 4.78 is 11.6. The quantitative estimate of drug-likeness (QED) is 0.712. The molecule has 0 saturated carbocycles. The number of ether oxygens (including phenoxy) is 1. The largest absolute Gasteiger partial charge is 0.507 e. The van der Waals surface area contributed by atoms with Crippen LogP contribution in [-0.2, 0) is 6.54 Å². The lowest BCUT2D eigenvalue weighted by molar-refractivity contribution is -0.941. The molecule has 1 aliphatic heterocycles. The number of rotatable bonds is 4. The Morgan fingerprint density at radius 1 is 1.21 bits per heavy atom. The molecular weight excluding hydrogens is 366 g/mol. The molecule has 29 heavy (non-hydrogen) atoms. The molecule has 2 aromatic carbocycles. The van der Waals surface area contributed by atoms with Gasteiger partial charge in [-0.1, -0.05) is 18.2 Å².